The first-order chi connectivity index (χ1) is 9.06. The first-order valence-corrected chi connectivity index (χ1v) is 6.11. The van der Waals surface area contributed by atoms with Gasteiger partial charge in [0.2, 0.25) is 5.91 Å². The van der Waals surface area contributed by atoms with Crippen LogP contribution in [0.15, 0.2) is 18.2 Å². The second-order valence-corrected chi connectivity index (χ2v) is 4.38. The maximum absolute atomic E-state index is 13.6. The van der Waals surface area contributed by atoms with Crippen molar-refractivity contribution in [2.24, 2.45) is 0 Å². The Bertz CT molecular complexity index is 519. The number of para-hydroxylation sites is 1. The minimum Gasteiger partial charge on any atom is -0.385 e. The van der Waals surface area contributed by atoms with Crippen LogP contribution in [0.2, 0.25) is 0 Å². The first kappa shape index (κ1) is 13.3. The first-order valence-electron chi connectivity index (χ1n) is 6.11. The van der Waals surface area contributed by atoms with E-state index in [1.165, 1.54) is 17.0 Å². The quantitative estimate of drug-likeness (QED) is 0.832. The van der Waals surface area contributed by atoms with Crippen molar-refractivity contribution >= 4 is 17.5 Å². The summed E-state index contributed by atoms with van der Waals surface area (Å²) in [5, 5.41) is 5.37. The second-order valence-electron chi connectivity index (χ2n) is 4.38. The molecule has 1 unspecified atom stereocenters. The van der Waals surface area contributed by atoms with Gasteiger partial charge in [0, 0.05) is 20.1 Å². The van der Waals surface area contributed by atoms with E-state index in [4.69, 9.17) is 0 Å². The fourth-order valence-electron chi connectivity index (χ4n) is 2.17. The van der Waals surface area contributed by atoms with Crippen LogP contribution < -0.4 is 10.6 Å². The summed E-state index contributed by atoms with van der Waals surface area (Å²) < 4.78 is 13.6. The van der Waals surface area contributed by atoms with Crippen LogP contribution in [0, 0.1) is 5.82 Å². The Morgan fingerprint density at radius 3 is 2.95 bits per heavy atom. The van der Waals surface area contributed by atoms with Gasteiger partial charge in [-0.15, -0.1) is 0 Å². The van der Waals surface area contributed by atoms with Gasteiger partial charge in [-0.2, -0.15) is 0 Å². The molecule has 6 heteroatoms. The summed E-state index contributed by atoms with van der Waals surface area (Å²) >= 11 is 0. The van der Waals surface area contributed by atoms with Crippen molar-refractivity contribution in [1.29, 1.82) is 0 Å². The Kier molecular flexibility index (Phi) is 3.69. The molecule has 102 valence electrons. The van der Waals surface area contributed by atoms with E-state index < -0.39 is 11.9 Å². The van der Waals surface area contributed by atoms with Crippen molar-refractivity contribution < 1.29 is 14.0 Å². The zero-order chi connectivity index (χ0) is 14.0. The van der Waals surface area contributed by atoms with E-state index in [9.17, 15) is 14.0 Å². The molecule has 0 aliphatic carbocycles. The van der Waals surface area contributed by atoms with Gasteiger partial charge in [0.1, 0.15) is 11.9 Å². The largest absolute Gasteiger partial charge is 0.385 e. The fraction of sp³-hybridized carbons (Fsp3) is 0.385. The van der Waals surface area contributed by atoms with Crippen LogP contribution in [0.5, 0.6) is 0 Å². The van der Waals surface area contributed by atoms with Crippen molar-refractivity contribution in [2.45, 2.75) is 13.0 Å². The smallest absolute Gasteiger partial charge is 0.256 e. The van der Waals surface area contributed by atoms with Crippen molar-refractivity contribution in [3.8, 4) is 0 Å². The van der Waals surface area contributed by atoms with Crippen LogP contribution in [0.3, 0.4) is 0 Å². The zero-order valence-electron chi connectivity index (χ0n) is 10.9. The van der Waals surface area contributed by atoms with Crippen molar-refractivity contribution in [3.63, 3.8) is 0 Å². The predicted octanol–water partition coefficient (Wildman–Crippen LogP) is 0.828. The lowest BCUT2D eigenvalue weighted by Crippen LogP contribution is -2.55. The Hall–Kier alpha value is -2.11. The number of hydrogen-bond donors (Lipinski definition) is 2. The van der Waals surface area contributed by atoms with Gasteiger partial charge in [-0.05, 0) is 19.1 Å². The fourth-order valence-corrected chi connectivity index (χ4v) is 2.17. The maximum atomic E-state index is 13.6. The van der Waals surface area contributed by atoms with Crippen LogP contribution in [-0.4, -0.2) is 42.9 Å². The summed E-state index contributed by atoms with van der Waals surface area (Å²) in [5.41, 5.74) is 0.398. The zero-order valence-corrected chi connectivity index (χ0v) is 10.9. The number of nitrogens with one attached hydrogen (secondary N) is 2. The van der Waals surface area contributed by atoms with Gasteiger partial charge in [0.05, 0.1) is 11.3 Å². The molecule has 0 radical (unpaired) electrons. The molecule has 1 aliphatic heterocycles. The molecular formula is C13H16FN3O2. The molecule has 0 saturated carbocycles. The Labute approximate surface area is 110 Å². The highest BCUT2D eigenvalue weighted by atomic mass is 19.1. The summed E-state index contributed by atoms with van der Waals surface area (Å²) in [7, 11) is 1.56. The van der Waals surface area contributed by atoms with E-state index in [1.54, 1.807) is 20.0 Å². The summed E-state index contributed by atoms with van der Waals surface area (Å²) in [5.74, 6) is -1.02. The lowest BCUT2D eigenvalue weighted by atomic mass is 10.1. The molecule has 1 atom stereocenters. The van der Waals surface area contributed by atoms with Gasteiger partial charge >= 0.3 is 0 Å². The van der Waals surface area contributed by atoms with Crippen LogP contribution in [0.25, 0.3) is 0 Å². The van der Waals surface area contributed by atoms with Gasteiger partial charge in [-0.3, -0.25) is 9.59 Å². The Morgan fingerprint density at radius 1 is 1.53 bits per heavy atom. The van der Waals surface area contributed by atoms with Gasteiger partial charge in [-0.1, -0.05) is 6.07 Å². The van der Waals surface area contributed by atoms with E-state index in [1.807, 2.05) is 0 Å². The van der Waals surface area contributed by atoms with Crippen molar-refractivity contribution in [3.05, 3.63) is 29.6 Å². The molecule has 1 aromatic rings. The number of halogens is 1. The summed E-state index contributed by atoms with van der Waals surface area (Å²) in [6.07, 6.45) is 0. The summed E-state index contributed by atoms with van der Waals surface area (Å²) in [6.45, 7) is 2.50. The molecule has 2 amide bonds. The average Bonchev–Trinajstić information content (AvgIpc) is 2.41. The lowest BCUT2D eigenvalue weighted by Gasteiger charge is -2.33. The van der Waals surface area contributed by atoms with Gasteiger partial charge in [0.15, 0.2) is 0 Å². The Morgan fingerprint density at radius 2 is 2.26 bits per heavy atom. The predicted molar refractivity (Wildman–Crippen MR) is 69.5 cm³/mol. The number of rotatable bonds is 2. The Balaban J connectivity index is 2.34. The molecule has 19 heavy (non-hydrogen) atoms. The highest BCUT2D eigenvalue weighted by Gasteiger charge is 2.31. The molecule has 1 saturated heterocycles. The minimum absolute atomic E-state index is 0.158. The molecule has 0 aromatic heterocycles. The third-order valence-corrected chi connectivity index (χ3v) is 3.25. The van der Waals surface area contributed by atoms with Gasteiger partial charge in [0.25, 0.3) is 5.91 Å². The normalized spacial score (nSPS) is 19.0. The molecule has 1 fully saturated rings. The van der Waals surface area contributed by atoms with E-state index in [0.717, 1.165) is 0 Å². The van der Waals surface area contributed by atoms with E-state index in [-0.39, 0.29) is 23.1 Å². The number of hydrogen-bond acceptors (Lipinski definition) is 3. The lowest BCUT2D eigenvalue weighted by molar-refractivity contribution is -0.127. The van der Waals surface area contributed by atoms with Gasteiger partial charge < -0.3 is 15.5 Å². The number of anilines is 1. The monoisotopic (exact) mass is 265 g/mol. The van der Waals surface area contributed by atoms with Crippen LogP contribution in [0.4, 0.5) is 10.1 Å². The van der Waals surface area contributed by atoms with E-state index in [0.29, 0.717) is 13.1 Å². The highest BCUT2D eigenvalue weighted by Crippen LogP contribution is 2.22. The molecule has 2 N–H and O–H groups in total. The molecule has 2 rings (SSSR count). The molecular weight excluding hydrogens is 249 g/mol. The topological polar surface area (TPSA) is 61.4 Å². The van der Waals surface area contributed by atoms with Crippen LogP contribution >= 0.6 is 0 Å². The molecule has 1 aliphatic rings. The number of piperazine rings is 1. The molecule has 5 nitrogen and oxygen atoms in total. The average molecular weight is 265 g/mol. The number of carbonyl (C=O) groups is 2. The highest BCUT2D eigenvalue weighted by molar-refractivity contribution is 6.02. The summed E-state index contributed by atoms with van der Waals surface area (Å²) in [4.78, 5) is 25.4. The third-order valence-electron chi connectivity index (χ3n) is 3.25. The van der Waals surface area contributed by atoms with Crippen molar-refractivity contribution in [1.82, 2.24) is 10.2 Å². The maximum Gasteiger partial charge on any atom is 0.256 e. The standard InChI is InChI=1S/C13H16FN3O2/c1-8-12(18)16-6-7-17(8)13(19)9-4-3-5-10(14)11(9)15-2/h3-5,8,15H,6-7H2,1-2H3,(H,16,18). The minimum atomic E-state index is -0.547. The second kappa shape index (κ2) is 5.26. The summed E-state index contributed by atoms with van der Waals surface area (Å²) in [6, 6.07) is 3.78. The van der Waals surface area contributed by atoms with Crippen LogP contribution in [0.1, 0.15) is 17.3 Å². The van der Waals surface area contributed by atoms with Gasteiger partial charge in [-0.25, -0.2) is 4.39 Å². The van der Waals surface area contributed by atoms with Crippen molar-refractivity contribution in [2.75, 3.05) is 25.5 Å². The SMILES string of the molecule is CNc1c(F)cccc1C(=O)N1CCNC(=O)C1C. The number of benzene rings is 1. The number of amides is 2. The number of nitrogens with zero attached hydrogens (tertiary/aromatic N) is 1. The number of carbonyl (C=O) groups excluding carboxylic acids is 2. The molecule has 0 bridgehead atoms. The molecule has 1 heterocycles. The van der Waals surface area contributed by atoms with E-state index in [2.05, 4.69) is 10.6 Å². The van der Waals surface area contributed by atoms with Crippen LogP contribution in [-0.2, 0) is 4.79 Å². The molecule has 1 aromatic carbocycles. The molecule has 0 spiro atoms. The third kappa shape index (κ3) is 2.38. The van der Waals surface area contributed by atoms with E-state index >= 15 is 0 Å².